The number of oxime groups is 1. The largest absolute Gasteiger partial charge is 0.394 e. The summed E-state index contributed by atoms with van der Waals surface area (Å²) in [7, 11) is -1.06. The number of hydrogen-bond donors (Lipinski definition) is 0. The average Bonchev–Trinajstić information content (AvgIpc) is 3.49. The zero-order valence-corrected chi connectivity index (χ0v) is 17.7. The monoisotopic (exact) mass is 388 g/mol. The van der Waals surface area contributed by atoms with Gasteiger partial charge in [-0.05, 0) is 55.6 Å². The Kier molecular flexibility index (Phi) is 9.00. The Bertz CT molecular complexity index is 699. The Morgan fingerprint density at radius 3 is 2.52 bits per heavy atom. The lowest BCUT2D eigenvalue weighted by Gasteiger charge is -2.20. The second kappa shape index (κ2) is 11.2. The van der Waals surface area contributed by atoms with Crippen LogP contribution in [0.3, 0.4) is 0 Å². The summed E-state index contributed by atoms with van der Waals surface area (Å²) in [6, 6.07) is 8.03. The van der Waals surface area contributed by atoms with Gasteiger partial charge in [0, 0.05) is 16.2 Å². The molecule has 0 amide bonds. The van der Waals surface area contributed by atoms with E-state index in [4.69, 9.17) is 4.84 Å². The third-order valence-electron chi connectivity index (χ3n) is 4.90. The lowest BCUT2D eigenvalue weighted by atomic mass is 9.89. The highest BCUT2D eigenvalue weighted by Crippen LogP contribution is 2.32. The van der Waals surface area contributed by atoms with E-state index in [0.717, 1.165) is 37.0 Å². The van der Waals surface area contributed by atoms with Crippen molar-refractivity contribution in [2.45, 2.75) is 76.5 Å². The van der Waals surface area contributed by atoms with Crippen LogP contribution in [0.5, 0.6) is 0 Å². The minimum absolute atomic E-state index is 0.263. The first kappa shape index (κ1) is 21.6. The van der Waals surface area contributed by atoms with Crippen LogP contribution in [0.15, 0.2) is 28.3 Å². The molecule has 1 aliphatic rings. The molecule has 0 aliphatic heterocycles. The van der Waals surface area contributed by atoms with Gasteiger partial charge in [0.05, 0.1) is 10.8 Å². The van der Waals surface area contributed by atoms with Crippen molar-refractivity contribution in [3.8, 4) is 6.07 Å². The molecule has 4 nitrogen and oxygen atoms in total. The second-order valence-corrected chi connectivity index (χ2v) is 8.91. The number of rotatable bonds is 12. The van der Waals surface area contributed by atoms with Crippen molar-refractivity contribution in [3.63, 3.8) is 0 Å². The number of nitrogens with zero attached hydrogens (tertiary/aromatic N) is 2. The van der Waals surface area contributed by atoms with E-state index in [1.54, 1.807) is 0 Å². The predicted octanol–water partition coefficient (Wildman–Crippen LogP) is 5.54. The molecular formula is C22H32N2O2S. The molecule has 1 atom stereocenters. The Hall–Kier alpha value is -1.67. The van der Waals surface area contributed by atoms with Crippen molar-refractivity contribution in [2.24, 2.45) is 11.1 Å². The van der Waals surface area contributed by atoms with Crippen molar-refractivity contribution < 1.29 is 9.05 Å². The zero-order valence-electron chi connectivity index (χ0n) is 16.9. The molecule has 0 bridgehead atoms. The maximum Gasteiger partial charge on any atom is 0.186 e. The van der Waals surface area contributed by atoms with Crippen molar-refractivity contribution in [3.05, 3.63) is 29.3 Å². The van der Waals surface area contributed by atoms with Crippen LogP contribution in [-0.4, -0.2) is 22.3 Å². The van der Waals surface area contributed by atoms with E-state index in [0.29, 0.717) is 29.8 Å². The first-order valence-electron chi connectivity index (χ1n) is 10.3. The summed E-state index contributed by atoms with van der Waals surface area (Å²) in [6.45, 7) is 7.01. The molecule has 1 aromatic rings. The normalized spacial score (nSPS) is 15.6. The molecule has 1 unspecified atom stereocenters. The smallest absolute Gasteiger partial charge is 0.186 e. The Balaban J connectivity index is 2.34. The summed E-state index contributed by atoms with van der Waals surface area (Å²) in [5.74, 6) is 1.64. The topological polar surface area (TPSA) is 62.4 Å². The van der Waals surface area contributed by atoms with Crippen LogP contribution in [0.1, 0.15) is 82.8 Å². The fourth-order valence-corrected chi connectivity index (χ4v) is 4.64. The highest BCUT2D eigenvalue weighted by atomic mass is 32.2. The second-order valence-electron chi connectivity index (χ2n) is 7.37. The van der Waals surface area contributed by atoms with Gasteiger partial charge in [-0.25, -0.2) is 0 Å². The molecule has 1 aliphatic carbocycles. The Morgan fingerprint density at radius 1 is 1.26 bits per heavy atom. The lowest BCUT2D eigenvalue weighted by molar-refractivity contribution is 0.134. The molecule has 5 heteroatoms. The summed E-state index contributed by atoms with van der Waals surface area (Å²) >= 11 is 0. The van der Waals surface area contributed by atoms with Gasteiger partial charge >= 0.3 is 0 Å². The summed E-state index contributed by atoms with van der Waals surface area (Å²) in [5, 5.41) is 13.5. The van der Waals surface area contributed by atoms with Crippen molar-refractivity contribution >= 4 is 16.5 Å². The number of nitriles is 1. The molecule has 0 heterocycles. The molecule has 1 fully saturated rings. The SMILES string of the molecule is CCCC(CCC)c1ccc(/C(C#N)=N/OCC2CC2)cc1S(=O)CCC. The fraction of sp³-hybridized carbons (Fsp3) is 0.636. The molecule has 148 valence electrons. The van der Waals surface area contributed by atoms with E-state index >= 15 is 0 Å². The molecule has 27 heavy (non-hydrogen) atoms. The van der Waals surface area contributed by atoms with Crippen LogP contribution in [0.25, 0.3) is 0 Å². The minimum Gasteiger partial charge on any atom is -0.394 e. The maximum atomic E-state index is 12.9. The van der Waals surface area contributed by atoms with E-state index < -0.39 is 10.8 Å². The Morgan fingerprint density at radius 2 is 1.96 bits per heavy atom. The van der Waals surface area contributed by atoms with Gasteiger partial charge < -0.3 is 4.84 Å². The maximum absolute atomic E-state index is 12.9. The third kappa shape index (κ3) is 6.46. The lowest BCUT2D eigenvalue weighted by Crippen LogP contribution is -2.09. The molecule has 0 aromatic heterocycles. The summed E-state index contributed by atoms with van der Waals surface area (Å²) in [5.41, 5.74) is 2.13. The minimum atomic E-state index is -1.06. The molecule has 0 saturated heterocycles. The van der Waals surface area contributed by atoms with Crippen LogP contribution in [0.2, 0.25) is 0 Å². The summed E-state index contributed by atoms with van der Waals surface area (Å²) in [4.78, 5) is 6.22. The van der Waals surface area contributed by atoms with Crippen molar-refractivity contribution in [1.82, 2.24) is 0 Å². The first-order chi connectivity index (χ1) is 13.1. The van der Waals surface area contributed by atoms with Gasteiger partial charge in [-0.1, -0.05) is 50.9 Å². The predicted molar refractivity (Wildman–Crippen MR) is 111 cm³/mol. The quantitative estimate of drug-likeness (QED) is 0.349. The summed E-state index contributed by atoms with van der Waals surface area (Å²) in [6.07, 6.45) is 7.62. The van der Waals surface area contributed by atoms with E-state index in [1.807, 2.05) is 19.1 Å². The Labute approximate surface area is 166 Å². The van der Waals surface area contributed by atoms with Gasteiger partial charge in [-0.3, -0.25) is 4.21 Å². The van der Waals surface area contributed by atoms with Crippen LogP contribution >= 0.6 is 0 Å². The molecule has 0 radical (unpaired) electrons. The molecule has 2 rings (SSSR count). The van der Waals surface area contributed by atoms with Gasteiger partial charge in [-0.2, -0.15) is 5.26 Å². The van der Waals surface area contributed by atoms with Crippen LogP contribution in [-0.2, 0) is 15.6 Å². The van der Waals surface area contributed by atoms with E-state index in [9.17, 15) is 9.47 Å². The molecule has 1 saturated carbocycles. The molecule has 1 aromatic carbocycles. The third-order valence-corrected chi connectivity index (χ3v) is 6.53. The van der Waals surface area contributed by atoms with Crippen molar-refractivity contribution in [1.29, 1.82) is 5.26 Å². The highest BCUT2D eigenvalue weighted by molar-refractivity contribution is 7.85. The number of hydrogen-bond acceptors (Lipinski definition) is 4. The first-order valence-corrected chi connectivity index (χ1v) is 11.6. The summed E-state index contributed by atoms with van der Waals surface area (Å²) < 4.78 is 12.9. The van der Waals surface area contributed by atoms with Crippen LogP contribution in [0.4, 0.5) is 0 Å². The van der Waals surface area contributed by atoms with Gasteiger partial charge in [0.1, 0.15) is 12.7 Å². The molecular weight excluding hydrogens is 356 g/mol. The molecule has 0 spiro atoms. The van der Waals surface area contributed by atoms with Gasteiger partial charge in [-0.15, -0.1) is 0 Å². The van der Waals surface area contributed by atoms with Crippen LogP contribution in [0, 0.1) is 17.2 Å². The fourth-order valence-electron chi connectivity index (χ4n) is 3.29. The number of benzene rings is 1. The zero-order chi connectivity index (χ0) is 19.6. The highest BCUT2D eigenvalue weighted by Gasteiger charge is 2.22. The van der Waals surface area contributed by atoms with Crippen molar-refractivity contribution in [2.75, 3.05) is 12.4 Å². The standard InChI is InChI=1S/C22H32N2O2S/c1-4-7-18(8-5-2)20-12-11-19(14-22(20)27(25)13-6-3)21(15-23)24-26-16-17-9-10-17/h11-12,14,17-18H,4-10,13,16H2,1-3H3/b24-21+. The van der Waals surface area contributed by atoms with E-state index in [-0.39, 0.29) is 5.71 Å². The van der Waals surface area contributed by atoms with Gasteiger partial charge in [0.15, 0.2) is 5.71 Å². The van der Waals surface area contributed by atoms with E-state index in [2.05, 4.69) is 31.1 Å². The van der Waals surface area contributed by atoms with Gasteiger partial charge in [0.2, 0.25) is 0 Å². The van der Waals surface area contributed by atoms with Crippen LogP contribution < -0.4 is 0 Å². The average molecular weight is 389 g/mol. The van der Waals surface area contributed by atoms with Gasteiger partial charge in [0.25, 0.3) is 0 Å². The molecule has 0 N–H and O–H groups in total. The van der Waals surface area contributed by atoms with E-state index in [1.165, 1.54) is 18.4 Å².